The van der Waals surface area contributed by atoms with Crippen LogP contribution >= 0.6 is 0 Å². The molecule has 1 aliphatic carbocycles. The van der Waals surface area contributed by atoms with Gasteiger partial charge in [0.15, 0.2) is 0 Å². The van der Waals surface area contributed by atoms with E-state index in [-0.39, 0.29) is 26.2 Å². The predicted octanol–water partition coefficient (Wildman–Crippen LogP) is 1.05. The van der Waals surface area contributed by atoms with Gasteiger partial charge in [0, 0.05) is 26.2 Å². The molecule has 2 heterocycles. The number of hydrogen-bond donors (Lipinski definition) is 1. The second-order valence-corrected chi connectivity index (χ2v) is 10.5. The van der Waals surface area contributed by atoms with Crippen LogP contribution in [0.4, 0.5) is 9.18 Å². The fraction of sp³-hybridized carbons (Fsp3) is 0.348. The van der Waals surface area contributed by atoms with Gasteiger partial charge in [-0.25, -0.2) is 17.6 Å². The zero-order valence-electron chi connectivity index (χ0n) is 18.2. The first kappa shape index (κ1) is 22.5. The standard InChI is InChI=1S/C23H23FN4O5S/c24-18-7-3-4-8-19(18)34(32,33)27-13-11-26(12-14-27)20(29)15-28-21(30)23(25-22(28)31)10-9-16-5-1-2-6-17(16)23/h1-8H,9-15H2,(H,25,31). The number of imide groups is 1. The molecule has 0 saturated carbocycles. The lowest BCUT2D eigenvalue weighted by Crippen LogP contribution is -2.53. The van der Waals surface area contributed by atoms with Crippen LogP contribution in [0.15, 0.2) is 53.4 Å². The minimum atomic E-state index is -4.03. The van der Waals surface area contributed by atoms with Crippen LogP contribution in [0.1, 0.15) is 17.5 Å². The number of aryl methyl sites for hydroxylation is 1. The summed E-state index contributed by atoms with van der Waals surface area (Å²) in [5.74, 6) is -1.73. The fourth-order valence-electron chi connectivity index (χ4n) is 4.94. The van der Waals surface area contributed by atoms with Gasteiger partial charge in [-0.1, -0.05) is 36.4 Å². The molecule has 4 amide bonds. The third-order valence-electron chi connectivity index (χ3n) is 6.76. The molecule has 2 aromatic rings. The number of nitrogens with zero attached hydrogens (tertiary/aromatic N) is 3. The Hall–Kier alpha value is -3.31. The number of sulfonamides is 1. The van der Waals surface area contributed by atoms with Crippen LogP contribution in [0.25, 0.3) is 0 Å². The largest absolute Gasteiger partial charge is 0.338 e. The van der Waals surface area contributed by atoms with Gasteiger partial charge >= 0.3 is 6.03 Å². The number of benzene rings is 2. The Morgan fingerprint density at radius 2 is 1.68 bits per heavy atom. The highest BCUT2D eigenvalue weighted by atomic mass is 32.2. The summed E-state index contributed by atoms with van der Waals surface area (Å²) < 4.78 is 40.7. The van der Waals surface area contributed by atoms with E-state index >= 15 is 0 Å². The molecule has 0 bridgehead atoms. The maximum Gasteiger partial charge on any atom is 0.325 e. The van der Waals surface area contributed by atoms with Crippen LogP contribution in [0.3, 0.4) is 0 Å². The molecule has 178 valence electrons. The number of urea groups is 1. The average molecular weight is 487 g/mol. The van der Waals surface area contributed by atoms with Crippen molar-refractivity contribution in [3.63, 3.8) is 0 Å². The van der Waals surface area contributed by atoms with Crippen LogP contribution in [0, 0.1) is 5.82 Å². The molecular weight excluding hydrogens is 463 g/mol. The van der Waals surface area contributed by atoms with E-state index in [0.29, 0.717) is 12.8 Å². The van der Waals surface area contributed by atoms with E-state index < -0.39 is 50.7 Å². The van der Waals surface area contributed by atoms with Crippen LogP contribution in [0.2, 0.25) is 0 Å². The van der Waals surface area contributed by atoms with E-state index in [1.165, 1.54) is 23.1 Å². The Bertz CT molecular complexity index is 1290. The topological polar surface area (TPSA) is 107 Å². The quantitative estimate of drug-likeness (QED) is 0.651. The first-order chi connectivity index (χ1) is 16.2. The van der Waals surface area contributed by atoms with E-state index in [4.69, 9.17) is 0 Å². The highest BCUT2D eigenvalue weighted by molar-refractivity contribution is 7.89. The summed E-state index contributed by atoms with van der Waals surface area (Å²) in [5, 5.41) is 2.79. The molecule has 1 unspecified atom stereocenters. The normalized spacial score (nSPS) is 22.9. The molecule has 1 spiro atoms. The van der Waals surface area contributed by atoms with Crippen LogP contribution in [-0.4, -0.2) is 73.1 Å². The highest BCUT2D eigenvalue weighted by Gasteiger charge is 2.55. The van der Waals surface area contributed by atoms with E-state index in [2.05, 4.69) is 5.32 Å². The van der Waals surface area contributed by atoms with E-state index in [9.17, 15) is 27.2 Å². The lowest BCUT2D eigenvalue weighted by atomic mass is 9.92. The molecule has 2 fully saturated rings. The summed E-state index contributed by atoms with van der Waals surface area (Å²) >= 11 is 0. The molecule has 0 radical (unpaired) electrons. The molecular formula is C23H23FN4O5S. The first-order valence-electron chi connectivity index (χ1n) is 11.0. The lowest BCUT2D eigenvalue weighted by Gasteiger charge is -2.34. The van der Waals surface area contributed by atoms with Gasteiger partial charge in [0.1, 0.15) is 22.8 Å². The number of carbonyl (C=O) groups excluding carboxylic acids is 3. The number of halogens is 1. The van der Waals surface area contributed by atoms with Gasteiger partial charge in [-0.3, -0.25) is 14.5 Å². The SMILES string of the molecule is O=C(CN1C(=O)NC2(CCc3ccccc32)C1=O)N1CCN(S(=O)(=O)c2ccccc2F)CC1. The molecule has 11 heteroatoms. The molecule has 1 atom stereocenters. The second kappa shape index (κ2) is 8.17. The Morgan fingerprint density at radius 3 is 2.41 bits per heavy atom. The predicted molar refractivity (Wildman–Crippen MR) is 118 cm³/mol. The van der Waals surface area contributed by atoms with Crippen molar-refractivity contribution in [2.45, 2.75) is 23.3 Å². The van der Waals surface area contributed by atoms with Gasteiger partial charge < -0.3 is 10.2 Å². The lowest BCUT2D eigenvalue weighted by molar-refractivity contribution is -0.139. The van der Waals surface area contributed by atoms with Gasteiger partial charge in [-0.2, -0.15) is 4.31 Å². The average Bonchev–Trinajstić information content (AvgIpc) is 3.32. The van der Waals surface area contributed by atoms with Crippen LogP contribution in [0.5, 0.6) is 0 Å². The second-order valence-electron chi connectivity index (χ2n) is 8.60. The van der Waals surface area contributed by atoms with Crippen molar-refractivity contribution in [2.24, 2.45) is 0 Å². The van der Waals surface area contributed by atoms with Crippen LogP contribution in [-0.2, 0) is 31.6 Å². The number of nitrogens with one attached hydrogen (secondary N) is 1. The molecule has 2 saturated heterocycles. The van der Waals surface area contributed by atoms with Gasteiger partial charge in [-0.15, -0.1) is 0 Å². The van der Waals surface area contributed by atoms with Crippen molar-refractivity contribution in [3.8, 4) is 0 Å². The smallest absolute Gasteiger partial charge is 0.325 e. The summed E-state index contributed by atoms with van der Waals surface area (Å²) in [6, 6.07) is 12.0. The molecule has 34 heavy (non-hydrogen) atoms. The van der Waals surface area contributed by atoms with Crippen molar-refractivity contribution in [3.05, 3.63) is 65.5 Å². The molecule has 3 aliphatic rings. The summed E-state index contributed by atoms with van der Waals surface area (Å²) in [6.07, 6.45) is 1.09. The van der Waals surface area contributed by atoms with E-state index in [1.807, 2.05) is 24.3 Å². The number of fused-ring (bicyclic) bond motifs is 2. The van der Waals surface area contributed by atoms with Gasteiger partial charge in [0.25, 0.3) is 5.91 Å². The first-order valence-corrected chi connectivity index (χ1v) is 12.4. The number of hydrogen-bond acceptors (Lipinski definition) is 5. The number of rotatable bonds is 4. The maximum absolute atomic E-state index is 14.0. The molecule has 5 rings (SSSR count). The van der Waals surface area contributed by atoms with Gasteiger partial charge in [0.05, 0.1) is 0 Å². The number of carbonyl (C=O) groups is 3. The third-order valence-corrected chi connectivity index (χ3v) is 8.69. The van der Waals surface area contributed by atoms with E-state index in [1.54, 1.807) is 0 Å². The van der Waals surface area contributed by atoms with E-state index in [0.717, 1.165) is 26.4 Å². The monoisotopic (exact) mass is 486 g/mol. The highest BCUT2D eigenvalue weighted by Crippen LogP contribution is 2.41. The van der Waals surface area contributed by atoms with Crippen molar-refractivity contribution in [2.75, 3.05) is 32.7 Å². The third kappa shape index (κ3) is 3.46. The Kier molecular flexibility index (Phi) is 5.40. The summed E-state index contributed by atoms with van der Waals surface area (Å²) in [6.45, 7) is -0.303. The molecule has 2 aromatic carbocycles. The number of amides is 4. The van der Waals surface area contributed by atoms with Crippen LogP contribution < -0.4 is 5.32 Å². The minimum absolute atomic E-state index is 0.0140. The van der Waals surface area contributed by atoms with Gasteiger partial charge in [-0.05, 0) is 36.1 Å². The zero-order valence-corrected chi connectivity index (χ0v) is 19.1. The Balaban J connectivity index is 1.25. The molecule has 2 aliphatic heterocycles. The van der Waals surface area contributed by atoms with Crippen molar-refractivity contribution >= 4 is 27.9 Å². The molecule has 9 nitrogen and oxygen atoms in total. The Labute approximate surface area is 196 Å². The fourth-order valence-corrected chi connectivity index (χ4v) is 6.43. The maximum atomic E-state index is 14.0. The molecule has 1 N–H and O–H groups in total. The van der Waals surface area contributed by atoms with Crippen molar-refractivity contribution in [1.82, 2.24) is 19.4 Å². The molecule has 0 aromatic heterocycles. The summed E-state index contributed by atoms with van der Waals surface area (Å²) in [4.78, 5) is 40.7. The summed E-state index contributed by atoms with van der Waals surface area (Å²) in [5.41, 5.74) is 0.618. The van der Waals surface area contributed by atoms with Gasteiger partial charge in [0.2, 0.25) is 15.9 Å². The van der Waals surface area contributed by atoms with Crippen molar-refractivity contribution in [1.29, 1.82) is 0 Å². The minimum Gasteiger partial charge on any atom is -0.338 e. The van der Waals surface area contributed by atoms with Crippen molar-refractivity contribution < 1.29 is 27.2 Å². The summed E-state index contributed by atoms with van der Waals surface area (Å²) in [7, 11) is -4.03. The Morgan fingerprint density at radius 1 is 1.00 bits per heavy atom. The number of piperazine rings is 1. The zero-order chi connectivity index (χ0) is 24.1.